The van der Waals surface area contributed by atoms with E-state index in [-0.39, 0.29) is 17.5 Å². The van der Waals surface area contributed by atoms with Crippen LogP contribution in [-0.4, -0.2) is 42.0 Å². The summed E-state index contributed by atoms with van der Waals surface area (Å²) in [5, 5.41) is 2.98. The Morgan fingerprint density at radius 3 is 2.75 bits per heavy atom. The fourth-order valence-corrected chi connectivity index (χ4v) is 2.57. The molecule has 2 aliphatic heterocycles. The molecule has 0 saturated carbocycles. The van der Waals surface area contributed by atoms with E-state index in [1.165, 1.54) is 0 Å². The van der Waals surface area contributed by atoms with Gasteiger partial charge in [-0.25, -0.2) is 0 Å². The molecule has 2 rings (SSSR count). The van der Waals surface area contributed by atoms with Crippen LogP contribution in [0.5, 0.6) is 0 Å². The molecule has 0 aromatic heterocycles. The Labute approximate surface area is 97.6 Å². The lowest BCUT2D eigenvalue weighted by atomic mass is 9.79. The molecule has 2 aliphatic rings. The highest BCUT2D eigenvalue weighted by atomic mass is 16.2. The van der Waals surface area contributed by atoms with E-state index < -0.39 is 0 Å². The summed E-state index contributed by atoms with van der Waals surface area (Å²) < 4.78 is 0. The van der Waals surface area contributed by atoms with E-state index in [1.807, 2.05) is 0 Å². The van der Waals surface area contributed by atoms with Gasteiger partial charge in [0.2, 0.25) is 5.91 Å². The summed E-state index contributed by atoms with van der Waals surface area (Å²) >= 11 is 0. The lowest BCUT2D eigenvalue weighted by Gasteiger charge is -2.52. The largest absolute Gasteiger partial charge is 0.355 e. The van der Waals surface area contributed by atoms with Crippen LogP contribution in [0.1, 0.15) is 33.1 Å². The highest BCUT2D eigenvalue weighted by Gasteiger charge is 2.46. The summed E-state index contributed by atoms with van der Waals surface area (Å²) in [4.78, 5) is 14.1. The van der Waals surface area contributed by atoms with Crippen LogP contribution < -0.4 is 11.1 Å². The lowest BCUT2D eigenvalue weighted by Crippen LogP contribution is -2.73. The average Bonchev–Trinajstić information content (AvgIpc) is 2.38. The third-order valence-electron chi connectivity index (χ3n) is 4.09. The van der Waals surface area contributed by atoms with Gasteiger partial charge in [0.05, 0.1) is 6.04 Å². The normalized spacial score (nSPS) is 30.8. The van der Waals surface area contributed by atoms with Gasteiger partial charge in [0.25, 0.3) is 0 Å². The second-order valence-electron chi connectivity index (χ2n) is 5.60. The van der Waals surface area contributed by atoms with E-state index in [1.54, 1.807) is 0 Å². The molecule has 2 heterocycles. The molecule has 4 nitrogen and oxygen atoms in total. The standard InChI is InChI=1S/C12H23N3O/c1-9(2)12(13)7-15(8-12)10-5-3-4-6-14-11(10)16/h9-10H,3-8,13H2,1-2H3,(H,14,16). The maximum atomic E-state index is 11.8. The predicted molar refractivity (Wildman–Crippen MR) is 64.0 cm³/mol. The zero-order valence-electron chi connectivity index (χ0n) is 10.3. The number of carbonyl (C=O) groups is 1. The van der Waals surface area contributed by atoms with Crippen molar-refractivity contribution in [3.05, 3.63) is 0 Å². The van der Waals surface area contributed by atoms with Crippen molar-refractivity contribution in [2.24, 2.45) is 11.7 Å². The molecule has 0 bridgehead atoms. The van der Waals surface area contributed by atoms with Crippen LogP contribution in [0.4, 0.5) is 0 Å². The average molecular weight is 225 g/mol. The Balaban J connectivity index is 1.92. The molecule has 0 spiro atoms. The van der Waals surface area contributed by atoms with E-state index in [4.69, 9.17) is 5.73 Å². The Kier molecular flexibility index (Phi) is 3.22. The quantitative estimate of drug-likeness (QED) is 0.712. The smallest absolute Gasteiger partial charge is 0.237 e. The molecule has 0 radical (unpaired) electrons. The minimum Gasteiger partial charge on any atom is -0.355 e. The minimum atomic E-state index is -0.0768. The third kappa shape index (κ3) is 2.09. The van der Waals surface area contributed by atoms with Crippen molar-refractivity contribution < 1.29 is 4.79 Å². The van der Waals surface area contributed by atoms with Crippen molar-refractivity contribution >= 4 is 5.91 Å². The maximum Gasteiger partial charge on any atom is 0.237 e. The number of hydrogen-bond donors (Lipinski definition) is 2. The van der Waals surface area contributed by atoms with Gasteiger partial charge >= 0.3 is 0 Å². The van der Waals surface area contributed by atoms with Gasteiger partial charge in [-0.3, -0.25) is 9.69 Å². The van der Waals surface area contributed by atoms with Crippen molar-refractivity contribution in [2.75, 3.05) is 19.6 Å². The second kappa shape index (κ2) is 4.34. The number of rotatable bonds is 2. The number of amides is 1. The Bertz CT molecular complexity index is 271. The van der Waals surface area contributed by atoms with E-state index >= 15 is 0 Å². The SMILES string of the molecule is CC(C)C1(N)CN(C2CCCCNC2=O)C1. The molecule has 16 heavy (non-hydrogen) atoms. The van der Waals surface area contributed by atoms with Crippen molar-refractivity contribution in [2.45, 2.75) is 44.7 Å². The van der Waals surface area contributed by atoms with Gasteiger partial charge < -0.3 is 11.1 Å². The number of nitrogens with one attached hydrogen (secondary N) is 1. The zero-order valence-corrected chi connectivity index (χ0v) is 10.3. The van der Waals surface area contributed by atoms with Crippen LogP contribution in [0.15, 0.2) is 0 Å². The van der Waals surface area contributed by atoms with E-state index in [0.717, 1.165) is 38.9 Å². The van der Waals surface area contributed by atoms with E-state index in [9.17, 15) is 4.79 Å². The summed E-state index contributed by atoms with van der Waals surface area (Å²) in [6.45, 7) is 6.88. The first-order valence-electron chi connectivity index (χ1n) is 6.33. The summed E-state index contributed by atoms with van der Waals surface area (Å²) in [7, 11) is 0. The molecule has 2 saturated heterocycles. The number of nitrogens with two attached hydrogens (primary N) is 1. The van der Waals surface area contributed by atoms with Gasteiger partial charge in [-0.15, -0.1) is 0 Å². The summed E-state index contributed by atoms with van der Waals surface area (Å²) in [5.41, 5.74) is 6.18. The van der Waals surface area contributed by atoms with Gasteiger partial charge in [0.15, 0.2) is 0 Å². The van der Waals surface area contributed by atoms with Crippen LogP contribution in [0, 0.1) is 5.92 Å². The van der Waals surface area contributed by atoms with Crippen LogP contribution in [0.25, 0.3) is 0 Å². The van der Waals surface area contributed by atoms with Gasteiger partial charge in [-0.1, -0.05) is 13.8 Å². The topological polar surface area (TPSA) is 58.4 Å². The first kappa shape index (κ1) is 11.9. The minimum absolute atomic E-state index is 0.0675. The summed E-state index contributed by atoms with van der Waals surface area (Å²) in [6, 6.07) is 0.0675. The zero-order chi connectivity index (χ0) is 11.8. The molecule has 1 unspecified atom stereocenters. The number of hydrogen-bond acceptors (Lipinski definition) is 3. The molecule has 0 aromatic rings. The van der Waals surface area contributed by atoms with Crippen molar-refractivity contribution in [1.29, 1.82) is 0 Å². The van der Waals surface area contributed by atoms with Crippen molar-refractivity contribution in [3.63, 3.8) is 0 Å². The van der Waals surface area contributed by atoms with Gasteiger partial charge in [-0.2, -0.15) is 0 Å². The van der Waals surface area contributed by atoms with Crippen LogP contribution >= 0.6 is 0 Å². The molecule has 1 atom stereocenters. The molecule has 0 aliphatic carbocycles. The van der Waals surface area contributed by atoms with Crippen molar-refractivity contribution in [3.8, 4) is 0 Å². The molecule has 92 valence electrons. The second-order valence-corrected chi connectivity index (χ2v) is 5.60. The Hall–Kier alpha value is -0.610. The molecule has 4 heteroatoms. The summed E-state index contributed by atoms with van der Waals surface area (Å²) in [6.07, 6.45) is 3.23. The number of carbonyl (C=O) groups excluding carboxylic acids is 1. The predicted octanol–water partition coefficient (Wildman–Crippen LogP) is 0.324. The maximum absolute atomic E-state index is 11.8. The van der Waals surface area contributed by atoms with Crippen LogP contribution in [-0.2, 0) is 4.79 Å². The van der Waals surface area contributed by atoms with E-state index in [2.05, 4.69) is 24.1 Å². The first-order valence-corrected chi connectivity index (χ1v) is 6.33. The number of likely N-dealkylation sites (tertiary alicyclic amines) is 1. The van der Waals surface area contributed by atoms with Crippen molar-refractivity contribution in [1.82, 2.24) is 10.2 Å². The third-order valence-corrected chi connectivity index (χ3v) is 4.09. The van der Waals surface area contributed by atoms with Gasteiger partial charge in [0, 0.05) is 25.2 Å². The molecular weight excluding hydrogens is 202 g/mol. The Morgan fingerprint density at radius 2 is 2.12 bits per heavy atom. The highest BCUT2D eigenvalue weighted by molar-refractivity contribution is 5.82. The van der Waals surface area contributed by atoms with Crippen LogP contribution in [0.3, 0.4) is 0 Å². The first-order chi connectivity index (χ1) is 7.53. The van der Waals surface area contributed by atoms with Gasteiger partial charge in [0.1, 0.15) is 0 Å². The molecule has 3 N–H and O–H groups in total. The lowest BCUT2D eigenvalue weighted by molar-refractivity contribution is -0.130. The van der Waals surface area contributed by atoms with E-state index in [0.29, 0.717) is 5.92 Å². The summed E-state index contributed by atoms with van der Waals surface area (Å²) in [5.74, 6) is 0.681. The number of nitrogens with zero attached hydrogens (tertiary/aromatic N) is 1. The molecule has 2 fully saturated rings. The molecular formula is C12H23N3O. The fourth-order valence-electron chi connectivity index (χ4n) is 2.57. The molecule has 1 amide bonds. The fraction of sp³-hybridized carbons (Fsp3) is 0.917. The van der Waals surface area contributed by atoms with Gasteiger partial charge in [-0.05, 0) is 25.2 Å². The van der Waals surface area contributed by atoms with Crippen LogP contribution in [0.2, 0.25) is 0 Å². The Morgan fingerprint density at radius 1 is 1.44 bits per heavy atom. The highest BCUT2D eigenvalue weighted by Crippen LogP contribution is 2.29. The molecule has 0 aromatic carbocycles. The monoisotopic (exact) mass is 225 g/mol.